The van der Waals surface area contributed by atoms with Crippen molar-refractivity contribution in [3.8, 4) is 0 Å². The topological polar surface area (TPSA) is 27.7 Å². The van der Waals surface area contributed by atoms with E-state index in [4.69, 9.17) is 14.2 Å². The zero-order chi connectivity index (χ0) is 12.3. The molecule has 2 rings (SSSR count). The van der Waals surface area contributed by atoms with Crippen LogP contribution in [0.4, 0.5) is 0 Å². The van der Waals surface area contributed by atoms with Crippen molar-refractivity contribution in [2.45, 2.75) is 63.9 Å². The second kappa shape index (κ2) is 5.51. The molecular formula is C14H24O3. The minimum Gasteiger partial charge on any atom is -0.378 e. The van der Waals surface area contributed by atoms with Gasteiger partial charge in [0.15, 0.2) is 5.79 Å². The summed E-state index contributed by atoms with van der Waals surface area (Å²) in [4.78, 5) is 0. The van der Waals surface area contributed by atoms with Crippen LogP contribution in [-0.2, 0) is 14.2 Å². The van der Waals surface area contributed by atoms with Gasteiger partial charge in [-0.2, -0.15) is 0 Å². The average Bonchev–Trinajstić information content (AvgIpc) is 2.58. The summed E-state index contributed by atoms with van der Waals surface area (Å²) in [6.45, 7) is 9.57. The van der Waals surface area contributed by atoms with Gasteiger partial charge in [0.2, 0.25) is 0 Å². The van der Waals surface area contributed by atoms with Crippen LogP contribution in [-0.4, -0.2) is 31.2 Å². The van der Waals surface area contributed by atoms with E-state index in [1.165, 1.54) is 5.57 Å². The summed E-state index contributed by atoms with van der Waals surface area (Å²) in [6.07, 6.45) is 6.03. The molecule has 0 aromatic rings. The van der Waals surface area contributed by atoms with Crippen molar-refractivity contribution in [2.75, 3.05) is 13.2 Å². The van der Waals surface area contributed by atoms with Gasteiger partial charge in [0.1, 0.15) is 0 Å². The predicted molar refractivity (Wildman–Crippen MR) is 66.9 cm³/mol. The van der Waals surface area contributed by atoms with Gasteiger partial charge in [-0.3, -0.25) is 0 Å². The van der Waals surface area contributed by atoms with Gasteiger partial charge in [-0.05, 0) is 46.0 Å². The van der Waals surface area contributed by atoms with E-state index in [1.54, 1.807) is 0 Å². The third kappa shape index (κ3) is 4.09. The molecule has 0 aromatic heterocycles. The number of ether oxygens (including phenoxy) is 3. The summed E-state index contributed by atoms with van der Waals surface area (Å²) < 4.78 is 17.0. The highest BCUT2D eigenvalue weighted by Crippen LogP contribution is 2.27. The van der Waals surface area contributed by atoms with Gasteiger partial charge < -0.3 is 14.2 Å². The zero-order valence-electron chi connectivity index (χ0n) is 11.0. The Hall–Kier alpha value is -0.380. The predicted octanol–water partition coefficient (Wildman–Crippen LogP) is 3.04. The van der Waals surface area contributed by atoms with Gasteiger partial charge in [0.05, 0.1) is 25.4 Å². The summed E-state index contributed by atoms with van der Waals surface area (Å²) in [5.74, 6) is -0.389. The Bertz CT molecular complexity index is 273. The van der Waals surface area contributed by atoms with Crippen molar-refractivity contribution >= 4 is 0 Å². The Morgan fingerprint density at radius 2 is 2.06 bits per heavy atom. The fraction of sp³-hybridized carbons (Fsp3) is 0.857. The Morgan fingerprint density at radius 1 is 1.29 bits per heavy atom. The monoisotopic (exact) mass is 240 g/mol. The van der Waals surface area contributed by atoms with E-state index in [0.29, 0.717) is 6.10 Å². The van der Waals surface area contributed by atoms with Gasteiger partial charge in [0.25, 0.3) is 0 Å². The van der Waals surface area contributed by atoms with Crippen LogP contribution in [0.15, 0.2) is 12.2 Å². The van der Waals surface area contributed by atoms with Gasteiger partial charge in [-0.15, -0.1) is 0 Å². The number of hydrogen-bond acceptors (Lipinski definition) is 3. The molecule has 2 aliphatic heterocycles. The van der Waals surface area contributed by atoms with Crippen LogP contribution in [0, 0.1) is 0 Å². The zero-order valence-corrected chi connectivity index (χ0v) is 11.0. The van der Waals surface area contributed by atoms with Crippen LogP contribution in [0.5, 0.6) is 0 Å². The van der Waals surface area contributed by atoms with E-state index in [9.17, 15) is 0 Å². The summed E-state index contributed by atoms with van der Waals surface area (Å²) >= 11 is 0. The van der Waals surface area contributed by atoms with Crippen LogP contribution in [0.25, 0.3) is 0 Å². The molecule has 0 aliphatic carbocycles. The van der Waals surface area contributed by atoms with Crippen molar-refractivity contribution in [1.82, 2.24) is 0 Å². The smallest absolute Gasteiger partial charge is 0.163 e. The highest BCUT2D eigenvalue weighted by Gasteiger charge is 2.32. The Morgan fingerprint density at radius 3 is 2.71 bits per heavy atom. The van der Waals surface area contributed by atoms with Crippen LogP contribution in [0.3, 0.4) is 0 Å². The van der Waals surface area contributed by atoms with Crippen molar-refractivity contribution in [3.63, 3.8) is 0 Å². The van der Waals surface area contributed by atoms with Crippen LogP contribution in [0.2, 0.25) is 0 Å². The fourth-order valence-corrected chi connectivity index (χ4v) is 2.52. The van der Waals surface area contributed by atoms with E-state index in [1.807, 2.05) is 13.8 Å². The van der Waals surface area contributed by atoms with Gasteiger partial charge in [0, 0.05) is 0 Å². The van der Waals surface area contributed by atoms with E-state index in [-0.39, 0.29) is 11.9 Å². The van der Waals surface area contributed by atoms with Crippen LogP contribution < -0.4 is 0 Å². The van der Waals surface area contributed by atoms with Gasteiger partial charge in [-0.25, -0.2) is 0 Å². The molecule has 2 unspecified atom stereocenters. The Balaban J connectivity index is 1.61. The second-order valence-corrected chi connectivity index (χ2v) is 5.58. The molecule has 17 heavy (non-hydrogen) atoms. The third-order valence-corrected chi connectivity index (χ3v) is 3.45. The lowest BCUT2D eigenvalue weighted by Gasteiger charge is -2.24. The number of rotatable bonds is 4. The third-order valence-electron chi connectivity index (χ3n) is 3.45. The van der Waals surface area contributed by atoms with Crippen molar-refractivity contribution < 1.29 is 14.2 Å². The lowest BCUT2D eigenvalue weighted by atomic mass is 9.99. The average molecular weight is 240 g/mol. The second-order valence-electron chi connectivity index (χ2n) is 5.58. The first kappa shape index (κ1) is 13.1. The molecule has 2 heterocycles. The minimum atomic E-state index is -0.389. The van der Waals surface area contributed by atoms with E-state index in [0.717, 1.165) is 45.3 Å². The van der Waals surface area contributed by atoms with Crippen molar-refractivity contribution in [2.24, 2.45) is 0 Å². The highest BCUT2D eigenvalue weighted by molar-refractivity contribution is 4.98. The Labute approximate surface area is 104 Å². The molecule has 3 heteroatoms. The first-order chi connectivity index (χ1) is 8.05. The molecule has 3 nitrogen and oxygen atoms in total. The highest BCUT2D eigenvalue weighted by atomic mass is 16.7. The van der Waals surface area contributed by atoms with E-state index < -0.39 is 0 Å². The maximum atomic E-state index is 5.78. The molecule has 2 saturated heterocycles. The first-order valence-electron chi connectivity index (χ1n) is 6.65. The minimum absolute atomic E-state index is 0.261. The molecule has 2 aliphatic rings. The molecule has 0 saturated carbocycles. The molecule has 0 amide bonds. The van der Waals surface area contributed by atoms with E-state index in [2.05, 4.69) is 6.58 Å². The molecule has 98 valence electrons. The van der Waals surface area contributed by atoms with Gasteiger partial charge >= 0.3 is 0 Å². The molecule has 0 aromatic carbocycles. The molecule has 0 spiro atoms. The molecular weight excluding hydrogens is 216 g/mol. The number of hydrogen-bond donors (Lipinski definition) is 0. The summed E-state index contributed by atoms with van der Waals surface area (Å²) in [6, 6.07) is 0. The quantitative estimate of drug-likeness (QED) is 0.707. The molecule has 0 bridgehead atoms. The van der Waals surface area contributed by atoms with Crippen LogP contribution in [0.1, 0.15) is 46.0 Å². The lowest BCUT2D eigenvalue weighted by Crippen LogP contribution is -2.22. The van der Waals surface area contributed by atoms with Gasteiger partial charge in [-0.1, -0.05) is 12.2 Å². The standard InChI is InChI=1S/C14H24O3/c1-11-7-8-15-12(9-11)5-4-6-13-10-16-14(2,3)17-13/h12-13H,1,4-10H2,2-3H3. The largest absolute Gasteiger partial charge is 0.378 e. The Kier molecular flexibility index (Phi) is 4.23. The molecule has 2 fully saturated rings. The molecule has 2 atom stereocenters. The maximum Gasteiger partial charge on any atom is 0.163 e. The molecule has 0 radical (unpaired) electrons. The van der Waals surface area contributed by atoms with Crippen molar-refractivity contribution in [1.29, 1.82) is 0 Å². The SMILES string of the molecule is C=C1CCOC(CCCC2COC(C)(C)O2)C1. The first-order valence-corrected chi connectivity index (χ1v) is 6.65. The maximum absolute atomic E-state index is 5.78. The summed E-state index contributed by atoms with van der Waals surface area (Å²) in [5.41, 5.74) is 1.34. The van der Waals surface area contributed by atoms with Crippen molar-refractivity contribution in [3.05, 3.63) is 12.2 Å². The van der Waals surface area contributed by atoms with E-state index >= 15 is 0 Å². The summed E-state index contributed by atoms with van der Waals surface area (Å²) in [5, 5.41) is 0. The summed E-state index contributed by atoms with van der Waals surface area (Å²) in [7, 11) is 0. The lowest BCUT2D eigenvalue weighted by molar-refractivity contribution is -0.139. The fourth-order valence-electron chi connectivity index (χ4n) is 2.52. The van der Waals surface area contributed by atoms with Crippen LogP contribution >= 0.6 is 0 Å². The normalized spacial score (nSPS) is 32.9. The molecule has 0 N–H and O–H groups in total.